The molecule has 2 aromatic rings. The molecule has 19 heavy (non-hydrogen) atoms. The lowest BCUT2D eigenvalue weighted by atomic mass is 9.74. The lowest BCUT2D eigenvalue weighted by molar-refractivity contribution is 0.259. The summed E-state index contributed by atoms with van der Waals surface area (Å²) >= 11 is 3.66. The van der Waals surface area contributed by atoms with Gasteiger partial charge in [0.1, 0.15) is 0 Å². The Labute approximate surface area is 123 Å². The van der Waals surface area contributed by atoms with E-state index in [1.54, 1.807) is 0 Å². The van der Waals surface area contributed by atoms with Crippen molar-refractivity contribution in [2.75, 3.05) is 6.54 Å². The van der Waals surface area contributed by atoms with Crippen LogP contribution in [0.2, 0.25) is 0 Å². The van der Waals surface area contributed by atoms with E-state index in [0.29, 0.717) is 11.5 Å². The minimum Gasteiger partial charge on any atom is -0.357 e. The fourth-order valence-electron chi connectivity index (χ4n) is 3.42. The van der Waals surface area contributed by atoms with Crippen LogP contribution in [0.5, 0.6) is 0 Å². The molecule has 2 N–H and O–H groups in total. The molecule has 1 heterocycles. The van der Waals surface area contributed by atoms with Gasteiger partial charge in [0.15, 0.2) is 0 Å². The van der Waals surface area contributed by atoms with Crippen LogP contribution in [-0.4, -0.2) is 11.5 Å². The number of halogens is 1. The normalized spacial score (nSPS) is 21.6. The van der Waals surface area contributed by atoms with Crippen molar-refractivity contribution in [2.45, 2.75) is 39.7 Å². The summed E-state index contributed by atoms with van der Waals surface area (Å²) in [6, 6.07) is 6.94. The second-order valence-electron chi connectivity index (χ2n) is 6.34. The molecule has 1 aliphatic carbocycles. The summed E-state index contributed by atoms with van der Waals surface area (Å²) in [6.07, 6.45) is 2.33. The van der Waals surface area contributed by atoms with Gasteiger partial charge in [-0.25, -0.2) is 0 Å². The van der Waals surface area contributed by atoms with E-state index in [1.807, 2.05) is 0 Å². The van der Waals surface area contributed by atoms with Crippen LogP contribution in [0.25, 0.3) is 10.9 Å². The van der Waals surface area contributed by atoms with Gasteiger partial charge in [-0.1, -0.05) is 32.9 Å². The van der Waals surface area contributed by atoms with Crippen molar-refractivity contribution in [3.05, 3.63) is 33.9 Å². The van der Waals surface area contributed by atoms with Gasteiger partial charge < -0.3 is 10.3 Å². The van der Waals surface area contributed by atoms with Crippen LogP contribution in [0, 0.1) is 5.41 Å². The highest BCUT2D eigenvalue weighted by atomic mass is 79.9. The first-order valence-corrected chi connectivity index (χ1v) is 7.83. The molecule has 1 atom stereocenters. The van der Waals surface area contributed by atoms with Gasteiger partial charge in [0.25, 0.3) is 0 Å². The first-order chi connectivity index (χ1) is 9.02. The molecule has 3 heteroatoms. The summed E-state index contributed by atoms with van der Waals surface area (Å²) in [5, 5.41) is 5.03. The molecule has 1 aliphatic rings. The van der Waals surface area contributed by atoms with Gasteiger partial charge in [-0.05, 0) is 52.4 Å². The second kappa shape index (κ2) is 4.64. The molecule has 0 amide bonds. The average molecular weight is 321 g/mol. The summed E-state index contributed by atoms with van der Waals surface area (Å²) in [7, 11) is 0. The van der Waals surface area contributed by atoms with Gasteiger partial charge in [0, 0.05) is 21.6 Å². The lowest BCUT2D eigenvalue weighted by Gasteiger charge is -2.35. The van der Waals surface area contributed by atoms with E-state index in [4.69, 9.17) is 0 Å². The van der Waals surface area contributed by atoms with Crippen molar-refractivity contribution >= 4 is 26.8 Å². The molecule has 1 aromatic heterocycles. The van der Waals surface area contributed by atoms with Gasteiger partial charge in [0.2, 0.25) is 0 Å². The topological polar surface area (TPSA) is 27.8 Å². The Bertz CT molecular complexity index is 612. The van der Waals surface area contributed by atoms with E-state index in [1.165, 1.54) is 28.6 Å². The average Bonchev–Trinajstić information content (AvgIpc) is 2.67. The summed E-state index contributed by atoms with van der Waals surface area (Å²) in [5.41, 5.74) is 4.49. The number of rotatable bonds is 2. The van der Waals surface area contributed by atoms with Crippen LogP contribution in [0.15, 0.2) is 22.7 Å². The minimum atomic E-state index is 0.354. The number of hydrogen-bond donors (Lipinski definition) is 2. The smallest absolute Gasteiger partial charge is 0.0603 e. The Hall–Kier alpha value is -0.800. The van der Waals surface area contributed by atoms with Crippen LogP contribution < -0.4 is 5.32 Å². The summed E-state index contributed by atoms with van der Waals surface area (Å²) in [6.45, 7) is 7.93. The number of benzene rings is 1. The molecular weight excluding hydrogens is 300 g/mol. The van der Waals surface area contributed by atoms with Crippen molar-refractivity contribution in [3.8, 4) is 0 Å². The third-order valence-electron chi connectivity index (χ3n) is 4.12. The quantitative estimate of drug-likeness (QED) is 0.834. The van der Waals surface area contributed by atoms with Crippen LogP contribution >= 0.6 is 15.9 Å². The van der Waals surface area contributed by atoms with Gasteiger partial charge in [-0.15, -0.1) is 0 Å². The minimum absolute atomic E-state index is 0.354. The Morgan fingerprint density at radius 3 is 2.95 bits per heavy atom. The molecule has 0 saturated heterocycles. The predicted molar refractivity (Wildman–Crippen MR) is 84.5 cm³/mol. The first kappa shape index (κ1) is 13.2. The van der Waals surface area contributed by atoms with Gasteiger partial charge in [-0.2, -0.15) is 0 Å². The molecule has 0 bridgehead atoms. The van der Waals surface area contributed by atoms with Crippen molar-refractivity contribution < 1.29 is 0 Å². The Kier molecular flexibility index (Phi) is 3.22. The molecule has 102 valence electrons. The van der Waals surface area contributed by atoms with Crippen molar-refractivity contribution in [1.82, 2.24) is 10.3 Å². The molecule has 0 fully saturated rings. The highest BCUT2D eigenvalue weighted by Crippen LogP contribution is 2.44. The maximum atomic E-state index is 3.66. The summed E-state index contributed by atoms with van der Waals surface area (Å²) < 4.78 is 1.16. The molecule has 3 rings (SSSR count). The van der Waals surface area contributed by atoms with E-state index >= 15 is 0 Å². The van der Waals surface area contributed by atoms with Crippen LogP contribution in [0.1, 0.15) is 44.5 Å². The van der Waals surface area contributed by atoms with Crippen LogP contribution in [-0.2, 0) is 6.42 Å². The molecule has 0 aliphatic heterocycles. The Morgan fingerprint density at radius 2 is 2.21 bits per heavy atom. The first-order valence-electron chi connectivity index (χ1n) is 7.04. The number of aromatic amines is 1. The van der Waals surface area contributed by atoms with E-state index < -0.39 is 0 Å². The third kappa shape index (κ3) is 2.23. The number of H-pyrrole nitrogens is 1. The molecular formula is C16H21BrN2. The number of aromatic nitrogens is 1. The fourth-order valence-corrected chi connectivity index (χ4v) is 3.89. The van der Waals surface area contributed by atoms with Crippen molar-refractivity contribution in [1.29, 1.82) is 0 Å². The zero-order valence-corrected chi connectivity index (χ0v) is 13.4. The van der Waals surface area contributed by atoms with Gasteiger partial charge in [0.05, 0.1) is 5.52 Å². The number of para-hydroxylation sites is 1. The summed E-state index contributed by atoms with van der Waals surface area (Å²) in [4.78, 5) is 3.64. The third-order valence-corrected chi connectivity index (χ3v) is 4.78. The van der Waals surface area contributed by atoms with Crippen molar-refractivity contribution in [3.63, 3.8) is 0 Å². The zero-order valence-electron chi connectivity index (χ0n) is 11.8. The molecule has 2 nitrogen and oxygen atoms in total. The lowest BCUT2D eigenvalue weighted by Crippen LogP contribution is -2.33. The Balaban J connectivity index is 2.21. The van der Waals surface area contributed by atoms with Crippen LogP contribution in [0.3, 0.4) is 0 Å². The van der Waals surface area contributed by atoms with E-state index in [9.17, 15) is 0 Å². The number of hydrogen-bond acceptors (Lipinski definition) is 1. The molecule has 0 spiro atoms. The number of nitrogens with one attached hydrogen (secondary N) is 2. The fraction of sp³-hybridized carbons (Fsp3) is 0.500. The zero-order chi connectivity index (χ0) is 13.6. The highest BCUT2D eigenvalue weighted by molar-refractivity contribution is 9.10. The Morgan fingerprint density at radius 1 is 1.42 bits per heavy atom. The molecule has 1 aromatic carbocycles. The maximum Gasteiger partial charge on any atom is 0.0603 e. The second-order valence-corrected chi connectivity index (χ2v) is 7.19. The van der Waals surface area contributed by atoms with E-state index in [-0.39, 0.29) is 0 Å². The molecule has 0 saturated carbocycles. The monoisotopic (exact) mass is 320 g/mol. The number of fused-ring (bicyclic) bond motifs is 3. The highest BCUT2D eigenvalue weighted by Gasteiger charge is 2.34. The molecule has 1 unspecified atom stereocenters. The van der Waals surface area contributed by atoms with Gasteiger partial charge >= 0.3 is 0 Å². The SMILES string of the molecule is CCNC1CC(C)(C)Cc2[nH]c3c(Br)cccc3c21. The standard InChI is InChI=1S/C16H21BrN2/c1-4-18-12-8-16(2,3)9-13-14(12)10-6-5-7-11(17)15(10)19-13/h5-7,12,18-19H,4,8-9H2,1-3H3. The largest absolute Gasteiger partial charge is 0.357 e. The van der Waals surface area contributed by atoms with Crippen LogP contribution in [0.4, 0.5) is 0 Å². The molecule has 0 radical (unpaired) electrons. The van der Waals surface area contributed by atoms with Crippen molar-refractivity contribution in [2.24, 2.45) is 5.41 Å². The maximum absolute atomic E-state index is 3.66. The predicted octanol–water partition coefficient (Wildman–Crippen LogP) is 4.55. The van der Waals surface area contributed by atoms with Gasteiger partial charge in [-0.3, -0.25) is 0 Å². The van der Waals surface area contributed by atoms with E-state index in [0.717, 1.165) is 17.4 Å². The summed E-state index contributed by atoms with van der Waals surface area (Å²) in [5.74, 6) is 0. The van der Waals surface area contributed by atoms with E-state index in [2.05, 4.69) is 65.2 Å².